The number of hydrogen-bond acceptors (Lipinski definition) is 6. The van der Waals surface area contributed by atoms with Crippen LogP contribution in [0.15, 0.2) is 42.5 Å². The van der Waals surface area contributed by atoms with Gasteiger partial charge in [-0.15, -0.1) is 5.10 Å². The fraction of sp³-hybridized carbons (Fsp3) is 0.167. The molecule has 0 atom stereocenters. The van der Waals surface area contributed by atoms with E-state index in [2.05, 4.69) is 20.4 Å². The molecule has 0 aliphatic carbocycles. The normalized spacial score (nSPS) is 11.2. The highest BCUT2D eigenvalue weighted by Gasteiger charge is 2.18. The van der Waals surface area contributed by atoms with Gasteiger partial charge in [-0.1, -0.05) is 22.9 Å². The minimum absolute atomic E-state index is 0.141. The van der Waals surface area contributed by atoms with Gasteiger partial charge in [-0.2, -0.15) is 0 Å². The fourth-order valence-corrected chi connectivity index (χ4v) is 3.39. The predicted molar refractivity (Wildman–Crippen MR) is 111 cm³/mol. The van der Waals surface area contributed by atoms with Crippen LogP contribution in [0.4, 0.5) is 11.4 Å². The molecule has 29 heavy (non-hydrogen) atoms. The lowest BCUT2D eigenvalue weighted by molar-refractivity contribution is 0.102. The van der Waals surface area contributed by atoms with Gasteiger partial charge in [0.05, 0.1) is 30.4 Å². The lowest BCUT2D eigenvalue weighted by Crippen LogP contribution is -2.15. The van der Waals surface area contributed by atoms with E-state index in [1.807, 2.05) is 0 Å². The summed E-state index contributed by atoms with van der Waals surface area (Å²) in [5.41, 5.74) is 2.02. The Morgan fingerprint density at radius 1 is 1.21 bits per heavy atom. The molecule has 2 N–H and O–H groups in total. The Kier molecular flexibility index (Phi) is 5.76. The molecule has 1 aromatic heterocycles. The number of hydrogen-bond donors (Lipinski definition) is 2. The monoisotopic (exact) mass is 435 g/mol. The number of carbonyl (C=O) groups excluding carboxylic acids is 1. The van der Waals surface area contributed by atoms with Crippen LogP contribution in [0.3, 0.4) is 0 Å². The molecule has 1 amide bonds. The first-order chi connectivity index (χ1) is 13.7. The van der Waals surface area contributed by atoms with Gasteiger partial charge in [0.2, 0.25) is 10.0 Å². The Hall–Kier alpha value is -3.11. The number of aromatic nitrogens is 3. The molecule has 0 aliphatic heterocycles. The molecule has 152 valence electrons. The number of sulfonamides is 1. The molecule has 0 radical (unpaired) electrons. The van der Waals surface area contributed by atoms with Crippen LogP contribution in [0.2, 0.25) is 5.02 Å². The van der Waals surface area contributed by atoms with Gasteiger partial charge in [0.1, 0.15) is 5.75 Å². The minimum Gasteiger partial charge on any atom is -0.494 e. The van der Waals surface area contributed by atoms with Gasteiger partial charge in [-0.05, 0) is 37.3 Å². The number of methoxy groups -OCH3 is 1. The van der Waals surface area contributed by atoms with Crippen molar-refractivity contribution >= 4 is 38.9 Å². The van der Waals surface area contributed by atoms with Crippen molar-refractivity contribution in [1.82, 2.24) is 15.0 Å². The van der Waals surface area contributed by atoms with Gasteiger partial charge in [0.15, 0.2) is 5.69 Å². The number of amides is 1. The summed E-state index contributed by atoms with van der Waals surface area (Å²) in [5.74, 6) is -0.214. The molecule has 11 heteroatoms. The molecule has 0 bridgehead atoms. The third-order valence-corrected chi connectivity index (χ3v) is 4.74. The van der Waals surface area contributed by atoms with Crippen LogP contribution in [0.25, 0.3) is 5.69 Å². The molecule has 0 unspecified atom stereocenters. The molecule has 2 aromatic carbocycles. The van der Waals surface area contributed by atoms with Crippen molar-refractivity contribution in [3.8, 4) is 11.4 Å². The van der Waals surface area contributed by atoms with Crippen LogP contribution in [0.5, 0.6) is 5.75 Å². The number of carbonyl (C=O) groups is 1. The quantitative estimate of drug-likeness (QED) is 0.615. The molecule has 0 spiro atoms. The van der Waals surface area contributed by atoms with Crippen LogP contribution in [-0.2, 0) is 10.0 Å². The summed E-state index contributed by atoms with van der Waals surface area (Å²) in [6, 6.07) is 11.6. The average Bonchev–Trinajstić information content (AvgIpc) is 3.03. The standard InChI is InChI=1S/C18H18ClN5O4S/c1-11-17(21-23-24(11)14-6-4-5-12(19)9-14)18(25)20-13-7-8-15(16(10-13)28-2)22-29(3,26)27/h4-10,22H,1-3H3,(H,20,25). The lowest BCUT2D eigenvalue weighted by Gasteiger charge is -2.12. The van der Waals surface area contributed by atoms with Crippen molar-refractivity contribution < 1.29 is 17.9 Å². The summed E-state index contributed by atoms with van der Waals surface area (Å²) in [7, 11) is -2.07. The number of benzene rings is 2. The van der Waals surface area contributed by atoms with Crippen molar-refractivity contribution in [2.24, 2.45) is 0 Å². The molecule has 0 fully saturated rings. The number of nitrogens with zero attached hydrogens (tertiary/aromatic N) is 3. The Morgan fingerprint density at radius 2 is 1.97 bits per heavy atom. The van der Waals surface area contributed by atoms with Gasteiger partial charge in [-0.25, -0.2) is 13.1 Å². The summed E-state index contributed by atoms with van der Waals surface area (Å²) in [4.78, 5) is 12.7. The maximum Gasteiger partial charge on any atom is 0.278 e. The van der Waals surface area contributed by atoms with Crippen molar-refractivity contribution in [3.63, 3.8) is 0 Å². The first-order valence-corrected chi connectivity index (χ1v) is 10.6. The van der Waals surface area contributed by atoms with E-state index in [1.54, 1.807) is 37.3 Å². The van der Waals surface area contributed by atoms with E-state index in [0.717, 1.165) is 6.26 Å². The smallest absolute Gasteiger partial charge is 0.278 e. The minimum atomic E-state index is -3.47. The highest BCUT2D eigenvalue weighted by molar-refractivity contribution is 7.92. The Balaban J connectivity index is 1.84. The molecule has 3 rings (SSSR count). The van der Waals surface area contributed by atoms with E-state index >= 15 is 0 Å². The second kappa shape index (κ2) is 8.10. The maximum absolute atomic E-state index is 12.7. The molecular formula is C18H18ClN5O4S. The second-order valence-corrected chi connectivity index (χ2v) is 8.34. The molecule has 0 saturated carbocycles. The fourth-order valence-electron chi connectivity index (χ4n) is 2.64. The topological polar surface area (TPSA) is 115 Å². The van der Waals surface area contributed by atoms with E-state index in [4.69, 9.17) is 16.3 Å². The van der Waals surface area contributed by atoms with E-state index in [0.29, 0.717) is 22.1 Å². The summed E-state index contributed by atoms with van der Waals surface area (Å²) in [6.45, 7) is 1.72. The first-order valence-electron chi connectivity index (χ1n) is 8.33. The number of anilines is 2. The van der Waals surface area contributed by atoms with Crippen molar-refractivity contribution in [3.05, 3.63) is 58.9 Å². The Labute approximate surface area is 172 Å². The highest BCUT2D eigenvalue weighted by atomic mass is 35.5. The second-order valence-electron chi connectivity index (χ2n) is 6.16. The van der Waals surface area contributed by atoms with E-state index in [1.165, 1.54) is 23.9 Å². The lowest BCUT2D eigenvalue weighted by atomic mass is 10.2. The van der Waals surface area contributed by atoms with Gasteiger partial charge >= 0.3 is 0 Å². The van der Waals surface area contributed by atoms with Crippen LogP contribution in [0, 0.1) is 6.92 Å². The summed E-state index contributed by atoms with van der Waals surface area (Å²) in [6.07, 6.45) is 1.04. The summed E-state index contributed by atoms with van der Waals surface area (Å²) >= 11 is 6.01. The van der Waals surface area contributed by atoms with Crippen molar-refractivity contribution in [2.45, 2.75) is 6.92 Å². The van der Waals surface area contributed by atoms with Gasteiger partial charge in [0, 0.05) is 16.8 Å². The van der Waals surface area contributed by atoms with Crippen molar-refractivity contribution in [1.29, 1.82) is 0 Å². The van der Waals surface area contributed by atoms with Crippen LogP contribution in [0.1, 0.15) is 16.2 Å². The molecule has 3 aromatic rings. The van der Waals surface area contributed by atoms with Crippen molar-refractivity contribution in [2.75, 3.05) is 23.4 Å². The zero-order valence-corrected chi connectivity index (χ0v) is 17.4. The van der Waals surface area contributed by atoms with Crippen LogP contribution in [-0.4, -0.2) is 42.7 Å². The number of ether oxygens (including phenoxy) is 1. The van der Waals surface area contributed by atoms with Gasteiger partial charge < -0.3 is 10.1 Å². The average molecular weight is 436 g/mol. The largest absolute Gasteiger partial charge is 0.494 e. The predicted octanol–water partition coefficient (Wildman–Crippen LogP) is 2.86. The number of rotatable bonds is 6. The zero-order chi connectivity index (χ0) is 21.2. The third kappa shape index (κ3) is 4.84. The van der Waals surface area contributed by atoms with E-state index < -0.39 is 15.9 Å². The Bertz CT molecular complexity index is 1180. The zero-order valence-electron chi connectivity index (χ0n) is 15.8. The van der Waals surface area contributed by atoms with Crippen LogP contribution >= 0.6 is 11.6 Å². The highest BCUT2D eigenvalue weighted by Crippen LogP contribution is 2.29. The van der Waals surface area contributed by atoms with E-state index in [9.17, 15) is 13.2 Å². The molecule has 0 saturated heterocycles. The van der Waals surface area contributed by atoms with Crippen LogP contribution < -0.4 is 14.8 Å². The molecule has 9 nitrogen and oxygen atoms in total. The molecule has 1 heterocycles. The maximum atomic E-state index is 12.7. The molecule has 0 aliphatic rings. The van der Waals surface area contributed by atoms with E-state index in [-0.39, 0.29) is 17.1 Å². The third-order valence-electron chi connectivity index (χ3n) is 3.92. The SMILES string of the molecule is COc1cc(NC(=O)c2nnn(-c3cccc(Cl)c3)c2C)ccc1NS(C)(=O)=O. The first kappa shape index (κ1) is 20.6. The molecular weight excluding hydrogens is 418 g/mol. The number of halogens is 1. The van der Waals surface area contributed by atoms with Gasteiger partial charge in [0.25, 0.3) is 5.91 Å². The summed E-state index contributed by atoms with van der Waals surface area (Å²) in [5, 5.41) is 11.2. The summed E-state index contributed by atoms with van der Waals surface area (Å²) < 4.78 is 31.9. The van der Waals surface area contributed by atoms with Gasteiger partial charge in [-0.3, -0.25) is 9.52 Å². The number of nitrogens with one attached hydrogen (secondary N) is 2. The Morgan fingerprint density at radius 3 is 2.62 bits per heavy atom.